The van der Waals surface area contributed by atoms with Gasteiger partial charge in [-0.05, 0) is 31.0 Å². The van der Waals surface area contributed by atoms with Crippen molar-refractivity contribution in [2.45, 2.75) is 18.9 Å². The Morgan fingerprint density at radius 3 is 2.43 bits per heavy atom. The highest BCUT2D eigenvalue weighted by molar-refractivity contribution is 6.35. The Morgan fingerprint density at radius 2 is 1.76 bits per heavy atom. The Labute approximate surface area is 216 Å². The molecule has 2 fully saturated rings. The van der Waals surface area contributed by atoms with Crippen LogP contribution in [0.25, 0.3) is 16.5 Å². The SMILES string of the molecule is O=C1OCC(N2CCN(c3cc4c(cc3F)c(=O)c(C(=O)O)cn4C3CC3)CC2)=C1c1ccccc1Cl. The topological polar surface area (TPSA) is 92.1 Å². The highest BCUT2D eigenvalue weighted by Gasteiger charge is 2.33. The third kappa shape index (κ3) is 4.03. The zero-order valence-corrected chi connectivity index (χ0v) is 20.5. The van der Waals surface area contributed by atoms with E-state index in [4.69, 9.17) is 16.3 Å². The highest BCUT2D eigenvalue weighted by atomic mass is 35.5. The summed E-state index contributed by atoms with van der Waals surface area (Å²) < 4.78 is 22.4. The van der Waals surface area contributed by atoms with Crippen molar-refractivity contribution in [2.75, 3.05) is 37.7 Å². The first kappa shape index (κ1) is 23.5. The molecular formula is C27H23ClFN3O5. The van der Waals surface area contributed by atoms with Crippen LogP contribution in [-0.4, -0.2) is 59.3 Å². The number of rotatable bonds is 5. The number of aromatic carboxylic acids is 1. The molecule has 1 saturated heterocycles. The Hall–Kier alpha value is -3.85. The lowest BCUT2D eigenvalue weighted by Crippen LogP contribution is -2.46. The van der Waals surface area contributed by atoms with Crippen molar-refractivity contribution in [2.24, 2.45) is 0 Å². The lowest BCUT2D eigenvalue weighted by Gasteiger charge is -2.38. The number of halogens is 2. The molecule has 0 radical (unpaired) electrons. The molecule has 6 rings (SSSR count). The Kier molecular flexibility index (Phi) is 5.67. The zero-order chi connectivity index (χ0) is 25.8. The number of fused-ring (bicyclic) bond motifs is 1. The van der Waals surface area contributed by atoms with Crippen LogP contribution in [0.5, 0.6) is 0 Å². The van der Waals surface area contributed by atoms with Crippen LogP contribution in [0.3, 0.4) is 0 Å². The molecule has 1 saturated carbocycles. The first-order chi connectivity index (χ1) is 17.8. The molecule has 0 bridgehead atoms. The number of nitrogens with zero attached hydrogens (tertiary/aromatic N) is 3. The van der Waals surface area contributed by atoms with E-state index in [-0.39, 0.29) is 23.6 Å². The molecule has 1 N–H and O–H groups in total. The Bertz CT molecular complexity index is 1550. The maximum Gasteiger partial charge on any atom is 0.341 e. The normalized spacial score (nSPS) is 18.1. The first-order valence-corrected chi connectivity index (χ1v) is 12.5. The summed E-state index contributed by atoms with van der Waals surface area (Å²) >= 11 is 6.35. The summed E-state index contributed by atoms with van der Waals surface area (Å²) in [7, 11) is 0. The van der Waals surface area contributed by atoms with Gasteiger partial charge in [-0.15, -0.1) is 0 Å². The van der Waals surface area contributed by atoms with Gasteiger partial charge in [0.25, 0.3) is 0 Å². The van der Waals surface area contributed by atoms with E-state index in [0.29, 0.717) is 53.5 Å². The van der Waals surface area contributed by atoms with Crippen LogP contribution in [0.4, 0.5) is 10.1 Å². The van der Waals surface area contributed by atoms with Crippen LogP contribution in [0.2, 0.25) is 5.02 Å². The van der Waals surface area contributed by atoms with Crippen molar-refractivity contribution >= 4 is 45.7 Å². The minimum atomic E-state index is -1.32. The highest BCUT2D eigenvalue weighted by Crippen LogP contribution is 2.38. The number of carboxylic acids is 1. The molecule has 3 heterocycles. The largest absolute Gasteiger partial charge is 0.477 e. The molecule has 0 unspecified atom stereocenters. The van der Waals surface area contributed by atoms with Crippen LogP contribution in [0.1, 0.15) is 34.8 Å². The van der Waals surface area contributed by atoms with Crippen molar-refractivity contribution in [3.63, 3.8) is 0 Å². The summed E-state index contributed by atoms with van der Waals surface area (Å²) in [4.78, 5) is 40.9. The Balaban J connectivity index is 1.31. The van der Waals surface area contributed by atoms with Crippen LogP contribution < -0.4 is 10.3 Å². The number of carbonyl (C=O) groups is 2. The van der Waals surface area contributed by atoms with E-state index in [0.717, 1.165) is 24.6 Å². The van der Waals surface area contributed by atoms with Crippen LogP contribution in [-0.2, 0) is 9.53 Å². The summed E-state index contributed by atoms with van der Waals surface area (Å²) in [5, 5.41) is 10.00. The maximum absolute atomic E-state index is 15.3. The predicted octanol–water partition coefficient (Wildman–Crippen LogP) is 3.92. The quantitative estimate of drug-likeness (QED) is 0.507. The number of pyridine rings is 1. The number of aromatic nitrogens is 1. The van der Waals surface area contributed by atoms with E-state index >= 15 is 4.39 Å². The second-order valence-electron chi connectivity index (χ2n) is 9.49. The fourth-order valence-corrected chi connectivity index (χ4v) is 5.43. The predicted molar refractivity (Wildman–Crippen MR) is 137 cm³/mol. The van der Waals surface area contributed by atoms with Gasteiger partial charge in [0.2, 0.25) is 5.43 Å². The number of piperazine rings is 1. The number of hydrogen-bond acceptors (Lipinski definition) is 6. The van der Waals surface area contributed by atoms with Crippen molar-refractivity contribution in [1.82, 2.24) is 9.47 Å². The van der Waals surface area contributed by atoms with E-state index < -0.39 is 23.2 Å². The average molecular weight is 524 g/mol. The second-order valence-corrected chi connectivity index (χ2v) is 9.90. The van der Waals surface area contributed by atoms with Gasteiger partial charge in [0.15, 0.2) is 0 Å². The monoisotopic (exact) mass is 523 g/mol. The number of cyclic esters (lactones) is 1. The molecule has 3 aromatic rings. The standard InChI is InChI=1S/C27H23ClFN3O5/c28-19-4-2-1-3-16(19)24-23(14-37-27(24)36)31-9-7-30(8-10-31)22-12-21-17(11-20(22)29)25(33)18(26(34)35)13-32(21)15-5-6-15/h1-4,11-13,15H,5-10,14H2,(H,34,35). The number of ether oxygens (including phenoxy) is 1. The lowest BCUT2D eigenvalue weighted by molar-refractivity contribution is -0.134. The lowest BCUT2D eigenvalue weighted by atomic mass is 10.0. The fraction of sp³-hybridized carbons (Fsp3) is 0.296. The van der Waals surface area contributed by atoms with Crippen molar-refractivity contribution < 1.29 is 23.8 Å². The van der Waals surface area contributed by atoms with E-state index in [9.17, 15) is 19.5 Å². The zero-order valence-electron chi connectivity index (χ0n) is 19.7. The number of hydrogen-bond donors (Lipinski definition) is 1. The number of anilines is 1. The molecule has 190 valence electrons. The van der Waals surface area contributed by atoms with Gasteiger partial charge < -0.3 is 24.2 Å². The number of esters is 1. The second kappa shape index (κ2) is 8.92. The number of carbonyl (C=O) groups excluding carboxylic acids is 1. The molecule has 0 spiro atoms. The van der Waals surface area contributed by atoms with E-state index in [2.05, 4.69) is 4.90 Å². The summed E-state index contributed by atoms with van der Waals surface area (Å²) in [6.45, 7) is 2.19. The summed E-state index contributed by atoms with van der Waals surface area (Å²) in [5.74, 6) is -2.30. The number of carboxylic acid groups (broad SMARTS) is 1. The van der Waals surface area contributed by atoms with Gasteiger partial charge in [0, 0.05) is 54.4 Å². The molecule has 1 aromatic heterocycles. The minimum Gasteiger partial charge on any atom is -0.477 e. The first-order valence-electron chi connectivity index (χ1n) is 12.1. The molecule has 1 aliphatic carbocycles. The molecule has 0 amide bonds. The van der Waals surface area contributed by atoms with Gasteiger partial charge in [-0.1, -0.05) is 29.8 Å². The van der Waals surface area contributed by atoms with Crippen LogP contribution in [0, 0.1) is 5.82 Å². The van der Waals surface area contributed by atoms with Gasteiger partial charge in [-0.3, -0.25) is 4.79 Å². The van der Waals surface area contributed by atoms with Gasteiger partial charge in [-0.2, -0.15) is 0 Å². The van der Waals surface area contributed by atoms with Crippen molar-refractivity contribution in [1.29, 1.82) is 0 Å². The van der Waals surface area contributed by atoms with Crippen molar-refractivity contribution in [3.05, 3.63) is 80.5 Å². The molecular weight excluding hydrogens is 501 g/mol. The number of benzene rings is 2. The summed E-state index contributed by atoms with van der Waals surface area (Å²) in [6, 6.07) is 10.1. The molecule has 2 aromatic carbocycles. The van der Waals surface area contributed by atoms with Crippen LogP contribution in [0.15, 0.2) is 53.1 Å². The summed E-state index contributed by atoms with van der Waals surface area (Å²) in [6.07, 6.45) is 3.14. The average Bonchev–Trinajstić information content (AvgIpc) is 3.66. The van der Waals surface area contributed by atoms with Crippen molar-refractivity contribution in [3.8, 4) is 0 Å². The van der Waals surface area contributed by atoms with Gasteiger partial charge in [0.1, 0.15) is 18.0 Å². The molecule has 10 heteroatoms. The molecule has 3 aliphatic rings. The third-order valence-corrected chi connectivity index (χ3v) is 7.58. The fourth-order valence-electron chi connectivity index (χ4n) is 5.20. The molecule has 8 nitrogen and oxygen atoms in total. The molecule has 2 aliphatic heterocycles. The smallest absolute Gasteiger partial charge is 0.341 e. The minimum absolute atomic E-state index is 0.0721. The van der Waals surface area contributed by atoms with Gasteiger partial charge >= 0.3 is 11.9 Å². The summed E-state index contributed by atoms with van der Waals surface area (Å²) in [5.41, 5.74) is 1.72. The van der Waals surface area contributed by atoms with Gasteiger partial charge in [-0.25, -0.2) is 14.0 Å². The van der Waals surface area contributed by atoms with E-state index in [1.807, 2.05) is 11.0 Å². The maximum atomic E-state index is 15.3. The van der Waals surface area contributed by atoms with E-state index in [1.54, 1.807) is 28.8 Å². The van der Waals surface area contributed by atoms with Gasteiger partial charge in [0.05, 0.1) is 22.5 Å². The third-order valence-electron chi connectivity index (χ3n) is 7.25. The van der Waals surface area contributed by atoms with Crippen LogP contribution >= 0.6 is 11.6 Å². The molecule has 0 atom stereocenters. The Morgan fingerprint density at radius 1 is 1.05 bits per heavy atom. The van der Waals surface area contributed by atoms with E-state index in [1.165, 1.54) is 6.20 Å². The molecule has 37 heavy (non-hydrogen) atoms.